The summed E-state index contributed by atoms with van der Waals surface area (Å²) in [5.74, 6) is 0.861. The highest BCUT2D eigenvalue weighted by atomic mass is 127. The average Bonchev–Trinajstić information content (AvgIpc) is 3.32. The Kier molecular flexibility index (Phi) is 9.14. The maximum atomic E-state index is 12.2. The number of anilines is 1. The number of rotatable bonds is 5. The van der Waals surface area contributed by atoms with Crippen LogP contribution in [-0.4, -0.2) is 62.1 Å². The van der Waals surface area contributed by atoms with Crippen molar-refractivity contribution in [1.82, 2.24) is 15.5 Å². The molecule has 0 radical (unpaired) electrons. The largest absolute Gasteiger partial charge is 0.368 e. The van der Waals surface area contributed by atoms with E-state index in [9.17, 15) is 4.79 Å². The van der Waals surface area contributed by atoms with Crippen LogP contribution in [0.25, 0.3) is 0 Å². The number of carbonyl (C=O) groups is 1. The molecule has 2 heterocycles. The summed E-state index contributed by atoms with van der Waals surface area (Å²) in [6, 6.07) is 8.64. The number of para-hydroxylation sites is 1. The SMILES string of the molecule is CCNC(=NCC(=O)N1CCCC1)NC1CCN(c2ccccc2Br)C1.I. The molecule has 150 valence electrons. The van der Waals surface area contributed by atoms with Gasteiger partial charge in [-0.15, -0.1) is 24.0 Å². The van der Waals surface area contributed by atoms with E-state index < -0.39 is 0 Å². The molecule has 2 aliphatic heterocycles. The number of nitrogens with zero attached hydrogens (tertiary/aromatic N) is 3. The van der Waals surface area contributed by atoms with Crippen molar-refractivity contribution < 1.29 is 4.79 Å². The van der Waals surface area contributed by atoms with Crippen molar-refractivity contribution in [3.63, 3.8) is 0 Å². The smallest absolute Gasteiger partial charge is 0.244 e. The quantitative estimate of drug-likeness (QED) is 0.337. The molecule has 27 heavy (non-hydrogen) atoms. The fourth-order valence-corrected chi connectivity index (χ4v) is 4.07. The third-order valence-electron chi connectivity index (χ3n) is 4.90. The van der Waals surface area contributed by atoms with E-state index in [1.807, 2.05) is 17.9 Å². The Bertz CT molecular complexity index is 651. The van der Waals surface area contributed by atoms with E-state index in [0.29, 0.717) is 6.04 Å². The van der Waals surface area contributed by atoms with Gasteiger partial charge < -0.3 is 20.4 Å². The minimum atomic E-state index is 0. The molecule has 0 aromatic heterocycles. The summed E-state index contributed by atoms with van der Waals surface area (Å²) in [7, 11) is 0. The molecule has 1 amide bonds. The fourth-order valence-electron chi connectivity index (χ4n) is 3.53. The molecule has 0 saturated carbocycles. The Morgan fingerprint density at radius 3 is 2.70 bits per heavy atom. The minimum Gasteiger partial charge on any atom is -0.368 e. The predicted molar refractivity (Wildman–Crippen MR) is 125 cm³/mol. The predicted octanol–water partition coefficient (Wildman–Crippen LogP) is 2.82. The summed E-state index contributed by atoms with van der Waals surface area (Å²) in [5.41, 5.74) is 1.22. The van der Waals surface area contributed by atoms with Crippen LogP contribution in [0, 0.1) is 0 Å². The summed E-state index contributed by atoms with van der Waals surface area (Å²) < 4.78 is 1.12. The Hall–Kier alpha value is -1.03. The molecule has 2 N–H and O–H groups in total. The summed E-state index contributed by atoms with van der Waals surface area (Å²) in [4.78, 5) is 21.0. The van der Waals surface area contributed by atoms with Gasteiger partial charge in [0, 0.05) is 43.2 Å². The van der Waals surface area contributed by atoms with E-state index in [1.54, 1.807) is 0 Å². The van der Waals surface area contributed by atoms with E-state index >= 15 is 0 Å². The van der Waals surface area contributed by atoms with Crippen molar-refractivity contribution in [2.75, 3.05) is 44.2 Å². The number of guanidine groups is 1. The lowest BCUT2D eigenvalue weighted by molar-refractivity contribution is -0.128. The lowest BCUT2D eigenvalue weighted by Crippen LogP contribution is -2.45. The second-order valence-corrected chi connectivity index (χ2v) is 7.66. The number of halogens is 2. The third-order valence-corrected chi connectivity index (χ3v) is 5.57. The summed E-state index contributed by atoms with van der Waals surface area (Å²) in [5, 5.41) is 6.75. The summed E-state index contributed by atoms with van der Waals surface area (Å²) in [6.07, 6.45) is 3.27. The van der Waals surface area contributed by atoms with Crippen molar-refractivity contribution in [2.24, 2.45) is 4.99 Å². The number of hydrogen-bond donors (Lipinski definition) is 2. The number of hydrogen-bond acceptors (Lipinski definition) is 3. The molecule has 6 nitrogen and oxygen atoms in total. The van der Waals surface area contributed by atoms with Gasteiger partial charge in [-0.2, -0.15) is 0 Å². The molecule has 8 heteroatoms. The van der Waals surface area contributed by atoms with Gasteiger partial charge in [-0.1, -0.05) is 12.1 Å². The Labute approximate surface area is 187 Å². The molecule has 1 aromatic carbocycles. The zero-order chi connectivity index (χ0) is 18.4. The van der Waals surface area contributed by atoms with E-state index in [0.717, 1.165) is 62.4 Å². The van der Waals surface area contributed by atoms with Crippen LogP contribution in [0.15, 0.2) is 33.7 Å². The zero-order valence-electron chi connectivity index (χ0n) is 15.8. The molecule has 0 aliphatic carbocycles. The van der Waals surface area contributed by atoms with Crippen molar-refractivity contribution >= 4 is 57.5 Å². The standard InChI is InChI=1S/C19H28BrN5O.HI/c1-2-21-19(22-13-18(26)24-10-5-6-11-24)23-15-9-12-25(14-15)17-8-4-3-7-16(17)20;/h3-4,7-8,15H,2,5-6,9-14H2,1H3,(H2,21,22,23);1H. The van der Waals surface area contributed by atoms with Gasteiger partial charge in [0.15, 0.2) is 5.96 Å². The fraction of sp³-hybridized carbons (Fsp3) is 0.579. The number of carbonyl (C=O) groups excluding carboxylic acids is 1. The maximum absolute atomic E-state index is 12.2. The molecule has 1 unspecified atom stereocenters. The monoisotopic (exact) mass is 549 g/mol. The van der Waals surface area contributed by atoms with E-state index in [1.165, 1.54) is 5.69 Å². The third kappa shape index (κ3) is 6.23. The van der Waals surface area contributed by atoms with Gasteiger partial charge in [0.2, 0.25) is 5.91 Å². The molecular formula is C19H29BrIN5O. The minimum absolute atomic E-state index is 0. The number of benzene rings is 1. The van der Waals surface area contributed by atoms with E-state index in [-0.39, 0.29) is 36.4 Å². The first-order valence-corrected chi connectivity index (χ1v) is 10.3. The summed E-state index contributed by atoms with van der Waals surface area (Å²) in [6.45, 7) is 6.73. The van der Waals surface area contributed by atoms with Crippen LogP contribution in [0.5, 0.6) is 0 Å². The lowest BCUT2D eigenvalue weighted by Gasteiger charge is -2.21. The van der Waals surface area contributed by atoms with Crippen molar-refractivity contribution in [2.45, 2.75) is 32.2 Å². The van der Waals surface area contributed by atoms with Gasteiger partial charge in [-0.25, -0.2) is 4.99 Å². The van der Waals surface area contributed by atoms with Gasteiger partial charge >= 0.3 is 0 Å². The van der Waals surface area contributed by atoms with Crippen LogP contribution in [0.1, 0.15) is 26.2 Å². The van der Waals surface area contributed by atoms with Gasteiger partial charge in [0.25, 0.3) is 0 Å². The Morgan fingerprint density at radius 2 is 2.00 bits per heavy atom. The molecule has 1 atom stereocenters. The molecular weight excluding hydrogens is 521 g/mol. The molecule has 0 bridgehead atoms. The molecule has 1 aromatic rings. The first-order valence-electron chi connectivity index (χ1n) is 9.49. The van der Waals surface area contributed by atoms with E-state index in [4.69, 9.17) is 0 Å². The van der Waals surface area contributed by atoms with Crippen LogP contribution in [0.4, 0.5) is 5.69 Å². The highest BCUT2D eigenvalue weighted by Gasteiger charge is 2.25. The maximum Gasteiger partial charge on any atom is 0.244 e. The van der Waals surface area contributed by atoms with Crippen molar-refractivity contribution in [1.29, 1.82) is 0 Å². The van der Waals surface area contributed by atoms with Crippen LogP contribution >= 0.6 is 39.9 Å². The highest BCUT2D eigenvalue weighted by Crippen LogP contribution is 2.28. The van der Waals surface area contributed by atoms with Crippen molar-refractivity contribution in [3.05, 3.63) is 28.7 Å². The molecule has 2 fully saturated rings. The Balaban J connectivity index is 0.00000261. The average molecular weight is 550 g/mol. The van der Waals surface area contributed by atoms with Crippen LogP contribution in [0.3, 0.4) is 0 Å². The normalized spacial score (nSPS) is 19.8. The van der Waals surface area contributed by atoms with E-state index in [2.05, 4.69) is 54.7 Å². The van der Waals surface area contributed by atoms with Gasteiger partial charge in [-0.3, -0.25) is 4.79 Å². The van der Waals surface area contributed by atoms with Crippen molar-refractivity contribution in [3.8, 4) is 0 Å². The van der Waals surface area contributed by atoms with Gasteiger partial charge in [-0.05, 0) is 54.2 Å². The summed E-state index contributed by atoms with van der Waals surface area (Å²) >= 11 is 3.63. The van der Waals surface area contributed by atoms with Crippen LogP contribution < -0.4 is 15.5 Å². The van der Waals surface area contributed by atoms with Crippen LogP contribution in [0.2, 0.25) is 0 Å². The number of aliphatic imine (C=N–C) groups is 1. The number of nitrogens with one attached hydrogen (secondary N) is 2. The van der Waals surface area contributed by atoms with Crippen LogP contribution in [-0.2, 0) is 4.79 Å². The highest BCUT2D eigenvalue weighted by molar-refractivity contribution is 14.0. The van der Waals surface area contributed by atoms with Gasteiger partial charge in [0.1, 0.15) is 6.54 Å². The molecule has 2 aliphatic rings. The molecule has 3 rings (SSSR count). The van der Waals surface area contributed by atoms with Gasteiger partial charge in [0.05, 0.1) is 5.69 Å². The zero-order valence-corrected chi connectivity index (χ0v) is 19.7. The number of likely N-dealkylation sites (tertiary alicyclic amines) is 1. The first kappa shape index (κ1) is 22.3. The molecule has 0 spiro atoms. The Morgan fingerprint density at radius 1 is 1.26 bits per heavy atom. The lowest BCUT2D eigenvalue weighted by atomic mass is 10.3. The number of amides is 1. The second kappa shape index (κ2) is 11.1. The second-order valence-electron chi connectivity index (χ2n) is 6.81. The molecule has 2 saturated heterocycles. The topological polar surface area (TPSA) is 60.0 Å². The first-order chi connectivity index (χ1) is 12.7.